The predicted molar refractivity (Wildman–Crippen MR) is 129 cm³/mol. The molecule has 1 heterocycles. The summed E-state index contributed by atoms with van der Waals surface area (Å²) >= 11 is 0. The number of aryl methyl sites for hydroxylation is 1. The Morgan fingerprint density at radius 2 is 1.74 bits per heavy atom. The molecule has 0 atom stereocenters. The van der Waals surface area contributed by atoms with Crippen molar-refractivity contribution in [3.05, 3.63) is 95.7 Å². The molecule has 1 N–H and O–H groups in total. The van der Waals surface area contributed by atoms with Gasteiger partial charge in [-0.15, -0.1) is 0 Å². The maximum atomic E-state index is 12.8. The number of carbonyl (C=O) groups is 1. The van der Waals surface area contributed by atoms with Gasteiger partial charge in [0.15, 0.2) is 5.82 Å². The highest BCUT2D eigenvalue weighted by atomic mass is 16.5. The van der Waals surface area contributed by atoms with Crippen molar-refractivity contribution in [2.75, 3.05) is 14.2 Å². The highest BCUT2D eigenvalue weighted by molar-refractivity contribution is 5.94. The zero-order chi connectivity index (χ0) is 23.9. The van der Waals surface area contributed by atoms with Gasteiger partial charge >= 0.3 is 0 Å². The van der Waals surface area contributed by atoms with Crippen LogP contribution in [0.25, 0.3) is 11.4 Å². The van der Waals surface area contributed by atoms with Gasteiger partial charge in [0, 0.05) is 41.6 Å². The van der Waals surface area contributed by atoms with E-state index in [4.69, 9.17) is 14.2 Å². The fourth-order valence-corrected chi connectivity index (χ4v) is 3.34. The zero-order valence-corrected chi connectivity index (χ0v) is 19.2. The number of rotatable bonds is 8. The van der Waals surface area contributed by atoms with Gasteiger partial charge < -0.3 is 19.5 Å². The van der Waals surface area contributed by atoms with E-state index in [0.29, 0.717) is 41.1 Å². The molecule has 4 aromatic rings. The summed E-state index contributed by atoms with van der Waals surface area (Å²) in [5.74, 6) is 2.57. The summed E-state index contributed by atoms with van der Waals surface area (Å²) in [5, 5.41) is 2.91. The Morgan fingerprint density at radius 1 is 0.912 bits per heavy atom. The van der Waals surface area contributed by atoms with E-state index >= 15 is 0 Å². The molecule has 0 saturated heterocycles. The van der Waals surface area contributed by atoms with Crippen LogP contribution in [0.3, 0.4) is 0 Å². The SMILES string of the molecule is COc1ccc(CNC(=O)c2cccc(Oc3ccnc(-c4ccc(C)cc4)n3)c2)c(OC)c1. The fraction of sp³-hybridized carbons (Fsp3) is 0.148. The lowest BCUT2D eigenvalue weighted by Gasteiger charge is -2.12. The topological polar surface area (TPSA) is 82.6 Å². The molecule has 1 amide bonds. The van der Waals surface area contributed by atoms with Gasteiger partial charge in [-0.05, 0) is 37.3 Å². The Bertz CT molecular complexity index is 1290. The summed E-state index contributed by atoms with van der Waals surface area (Å²) in [5.41, 5.74) is 3.38. The lowest BCUT2D eigenvalue weighted by Crippen LogP contribution is -2.23. The molecule has 0 aliphatic carbocycles. The van der Waals surface area contributed by atoms with Crippen LogP contribution in [-0.2, 0) is 6.54 Å². The van der Waals surface area contributed by atoms with E-state index in [1.54, 1.807) is 56.8 Å². The van der Waals surface area contributed by atoms with Crippen molar-refractivity contribution in [1.29, 1.82) is 0 Å². The highest BCUT2D eigenvalue weighted by Crippen LogP contribution is 2.25. The number of aromatic nitrogens is 2. The molecule has 34 heavy (non-hydrogen) atoms. The second-order valence-electron chi connectivity index (χ2n) is 7.57. The molecule has 0 aliphatic rings. The molecule has 0 radical (unpaired) electrons. The smallest absolute Gasteiger partial charge is 0.251 e. The number of benzene rings is 3. The Kier molecular flexibility index (Phi) is 7.03. The van der Waals surface area contributed by atoms with E-state index < -0.39 is 0 Å². The molecule has 0 spiro atoms. The van der Waals surface area contributed by atoms with Crippen molar-refractivity contribution in [3.63, 3.8) is 0 Å². The molecule has 1 aromatic heterocycles. The van der Waals surface area contributed by atoms with Gasteiger partial charge in [-0.1, -0.05) is 35.9 Å². The Morgan fingerprint density at radius 3 is 2.50 bits per heavy atom. The van der Waals surface area contributed by atoms with Gasteiger partial charge in [0.05, 0.1) is 14.2 Å². The first-order valence-electron chi connectivity index (χ1n) is 10.7. The lowest BCUT2D eigenvalue weighted by atomic mass is 10.1. The van der Waals surface area contributed by atoms with Crippen molar-refractivity contribution in [1.82, 2.24) is 15.3 Å². The van der Waals surface area contributed by atoms with Crippen LogP contribution in [-0.4, -0.2) is 30.1 Å². The summed E-state index contributed by atoms with van der Waals surface area (Å²) in [4.78, 5) is 21.6. The predicted octanol–water partition coefficient (Wildman–Crippen LogP) is 5.19. The van der Waals surface area contributed by atoms with Crippen LogP contribution in [0.15, 0.2) is 79.0 Å². The third-order valence-electron chi connectivity index (χ3n) is 5.19. The summed E-state index contributed by atoms with van der Waals surface area (Å²) < 4.78 is 16.5. The van der Waals surface area contributed by atoms with E-state index in [1.165, 1.54) is 0 Å². The molecule has 172 valence electrons. The quantitative estimate of drug-likeness (QED) is 0.394. The van der Waals surface area contributed by atoms with Crippen LogP contribution in [0.4, 0.5) is 0 Å². The number of hydrogen-bond donors (Lipinski definition) is 1. The second-order valence-corrected chi connectivity index (χ2v) is 7.57. The van der Waals surface area contributed by atoms with Crippen LogP contribution in [0.2, 0.25) is 0 Å². The number of hydrogen-bond acceptors (Lipinski definition) is 6. The van der Waals surface area contributed by atoms with Crippen molar-refractivity contribution in [2.24, 2.45) is 0 Å². The molecule has 7 heteroatoms. The Balaban J connectivity index is 1.44. The first-order chi connectivity index (χ1) is 16.6. The molecule has 0 aliphatic heterocycles. The lowest BCUT2D eigenvalue weighted by molar-refractivity contribution is 0.0950. The number of carbonyl (C=O) groups excluding carboxylic acids is 1. The van der Waals surface area contributed by atoms with Crippen molar-refractivity contribution in [3.8, 4) is 34.5 Å². The minimum Gasteiger partial charge on any atom is -0.497 e. The summed E-state index contributed by atoms with van der Waals surface area (Å²) in [7, 11) is 3.17. The standard InChI is InChI=1S/C27H25N3O4/c1-18-7-9-19(10-8-18)26-28-14-13-25(30-26)34-23-6-4-5-20(15-23)27(31)29-17-21-11-12-22(32-2)16-24(21)33-3/h4-16H,17H2,1-3H3,(H,29,31). The minimum absolute atomic E-state index is 0.230. The monoisotopic (exact) mass is 455 g/mol. The average molecular weight is 456 g/mol. The van der Waals surface area contributed by atoms with Crippen LogP contribution >= 0.6 is 0 Å². The first kappa shape index (κ1) is 22.8. The van der Waals surface area contributed by atoms with E-state index in [2.05, 4.69) is 15.3 Å². The number of methoxy groups -OCH3 is 2. The van der Waals surface area contributed by atoms with E-state index in [0.717, 1.165) is 16.7 Å². The van der Waals surface area contributed by atoms with Gasteiger partial charge in [0.1, 0.15) is 17.2 Å². The third-order valence-corrected chi connectivity index (χ3v) is 5.19. The molecule has 0 bridgehead atoms. The van der Waals surface area contributed by atoms with Crippen molar-refractivity contribution in [2.45, 2.75) is 13.5 Å². The molecule has 0 unspecified atom stereocenters. The van der Waals surface area contributed by atoms with Gasteiger partial charge in [0.25, 0.3) is 5.91 Å². The summed E-state index contributed by atoms with van der Waals surface area (Å²) in [6.45, 7) is 2.34. The summed E-state index contributed by atoms with van der Waals surface area (Å²) in [6.07, 6.45) is 1.65. The largest absolute Gasteiger partial charge is 0.497 e. The Hall–Kier alpha value is -4.39. The molecular formula is C27H25N3O4. The summed E-state index contributed by atoms with van der Waals surface area (Å²) in [6, 6.07) is 22.0. The molecule has 7 nitrogen and oxygen atoms in total. The molecule has 0 saturated carbocycles. The van der Waals surface area contributed by atoms with Gasteiger partial charge in [-0.3, -0.25) is 4.79 Å². The number of amides is 1. The van der Waals surface area contributed by atoms with E-state index in [1.807, 2.05) is 43.3 Å². The molecule has 0 fully saturated rings. The third kappa shape index (κ3) is 5.50. The van der Waals surface area contributed by atoms with Crippen molar-refractivity contribution < 1.29 is 19.0 Å². The molecule has 4 rings (SSSR count). The van der Waals surface area contributed by atoms with Gasteiger partial charge in [0.2, 0.25) is 5.88 Å². The molecular weight excluding hydrogens is 430 g/mol. The van der Waals surface area contributed by atoms with Crippen LogP contribution in [0.5, 0.6) is 23.1 Å². The maximum Gasteiger partial charge on any atom is 0.251 e. The van der Waals surface area contributed by atoms with Gasteiger partial charge in [-0.25, -0.2) is 4.98 Å². The van der Waals surface area contributed by atoms with Crippen molar-refractivity contribution >= 4 is 5.91 Å². The maximum absolute atomic E-state index is 12.8. The van der Waals surface area contributed by atoms with E-state index in [-0.39, 0.29) is 5.91 Å². The number of ether oxygens (including phenoxy) is 3. The number of nitrogens with zero attached hydrogens (tertiary/aromatic N) is 2. The zero-order valence-electron chi connectivity index (χ0n) is 19.2. The van der Waals surface area contributed by atoms with E-state index in [9.17, 15) is 4.79 Å². The highest BCUT2D eigenvalue weighted by Gasteiger charge is 2.11. The first-order valence-corrected chi connectivity index (χ1v) is 10.7. The second kappa shape index (κ2) is 10.5. The fourth-order valence-electron chi connectivity index (χ4n) is 3.34. The van der Waals surface area contributed by atoms with Crippen LogP contribution in [0.1, 0.15) is 21.5 Å². The van der Waals surface area contributed by atoms with Crippen LogP contribution < -0.4 is 19.5 Å². The number of nitrogens with one attached hydrogen (secondary N) is 1. The van der Waals surface area contributed by atoms with Crippen LogP contribution in [0, 0.1) is 6.92 Å². The van der Waals surface area contributed by atoms with Gasteiger partial charge in [-0.2, -0.15) is 4.98 Å². The molecule has 3 aromatic carbocycles. The Labute approximate surface area is 198 Å². The minimum atomic E-state index is -0.230. The normalized spacial score (nSPS) is 10.4. The average Bonchev–Trinajstić information content (AvgIpc) is 2.88.